The van der Waals surface area contributed by atoms with Crippen LogP contribution in [0.15, 0.2) is 231 Å². The molecule has 58 heavy (non-hydrogen) atoms. The van der Waals surface area contributed by atoms with Crippen LogP contribution in [-0.2, 0) is 0 Å². The minimum absolute atomic E-state index is 0.212. The molecule has 8 aromatic rings. The monoisotopic (exact) mass is 788 g/mol. The molecule has 2 N–H and O–H groups in total. The molecule has 8 aromatic carbocycles. The molecule has 0 spiro atoms. The van der Waals surface area contributed by atoms with Gasteiger partial charge in [-0.15, -0.1) is 0 Å². The molecule has 0 aromatic heterocycles. The van der Waals surface area contributed by atoms with Gasteiger partial charge in [0.1, 0.15) is 0 Å². The van der Waals surface area contributed by atoms with Crippen LogP contribution in [0.1, 0.15) is 43.9 Å². The van der Waals surface area contributed by atoms with Gasteiger partial charge in [0.25, 0.3) is 11.8 Å². The Morgan fingerprint density at radius 2 is 0.552 bits per heavy atom. The average Bonchev–Trinajstić information content (AvgIpc) is 3.30. The molecular formula is C52H42N2O2P2. The molecule has 0 radical (unpaired) electrons. The number of carbonyl (C=O) groups is 2. The SMILES string of the molecule is O=C(NC(c1ccccc1)[C@@H](NC(=O)c1ccccc1P(c1ccccc1)c1ccccc1)c1ccccc1)c1ccccc1P(c1ccccc1)c1ccccc1. The van der Waals surface area contributed by atoms with Crippen molar-refractivity contribution in [1.29, 1.82) is 0 Å². The molecule has 8 rings (SSSR count). The highest BCUT2D eigenvalue weighted by molar-refractivity contribution is 7.80. The molecule has 1 unspecified atom stereocenters. The summed E-state index contributed by atoms with van der Waals surface area (Å²) < 4.78 is 0. The van der Waals surface area contributed by atoms with E-state index in [1.54, 1.807) is 0 Å². The predicted octanol–water partition coefficient (Wildman–Crippen LogP) is 8.85. The van der Waals surface area contributed by atoms with Gasteiger partial charge in [-0.05, 0) is 70.9 Å². The fraction of sp³-hybridized carbons (Fsp3) is 0.0385. The highest BCUT2D eigenvalue weighted by Gasteiger charge is 2.32. The van der Waals surface area contributed by atoms with Crippen LogP contribution in [-0.4, -0.2) is 11.8 Å². The molecule has 0 saturated carbocycles. The normalized spacial score (nSPS) is 12.1. The number of benzene rings is 8. The van der Waals surface area contributed by atoms with Crippen LogP contribution in [0.3, 0.4) is 0 Å². The van der Waals surface area contributed by atoms with Crippen molar-refractivity contribution in [3.8, 4) is 0 Å². The molecule has 2 amide bonds. The standard InChI is InChI=1S/C52H42N2O2P2/c55-51(45-35-19-21-37-47(45)57(41-27-11-3-12-28-41)42-29-13-4-14-30-42)53-49(39-23-7-1-8-24-39)50(40-25-9-2-10-26-40)54-52(56)46-36-20-22-38-48(46)58(43-31-15-5-16-32-43)44-33-17-6-18-34-44/h1-38,49-50H,(H,53,55)(H,54,56)/t49-,50?/m0/s1. The molecule has 0 heterocycles. The number of hydrogen-bond donors (Lipinski definition) is 2. The second kappa shape index (κ2) is 18.7. The van der Waals surface area contributed by atoms with Gasteiger partial charge in [0.2, 0.25) is 0 Å². The maximum Gasteiger partial charge on any atom is 0.252 e. The third-order valence-electron chi connectivity index (χ3n) is 10.1. The minimum atomic E-state index is -1.06. The van der Waals surface area contributed by atoms with Crippen LogP contribution < -0.4 is 42.5 Å². The molecule has 282 valence electrons. The number of carbonyl (C=O) groups excluding carboxylic acids is 2. The van der Waals surface area contributed by atoms with Crippen molar-refractivity contribution in [3.05, 3.63) is 253 Å². The Bertz CT molecular complexity index is 2300. The minimum Gasteiger partial charge on any atom is -0.343 e. The molecular weight excluding hydrogens is 747 g/mol. The van der Waals surface area contributed by atoms with E-state index in [2.05, 4.69) is 120 Å². The summed E-state index contributed by atoms with van der Waals surface area (Å²) in [5.74, 6) is -0.424. The van der Waals surface area contributed by atoms with Crippen molar-refractivity contribution in [2.75, 3.05) is 0 Å². The molecule has 0 saturated heterocycles. The van der Waals surface area contributed by atoms with Crippen LogP contribution in [0.2, 0.25) is 0 Å². The zero-order valence-corrected chi connectivity index (χ0v) is 33.6. The third kappa shape index (κ3) is 8.75. The molecule has 0 aliphatic carbocycles. The second-order valence-corrected chi connectivity index (χ2v) is 18.1. The van der Waals surface area contributed by atoms with E-state index in [1.165, 1.54) is 0 Å². The summed E-state index contributed by atoms with van der Waals surface area (Å²) in [5.41, 5.74) is 2.95. The van der Waals surface area contributed by atoms with Gasteiger partial charge >= 0.3 is 0 Å². The quantitative estimate of drug-likeness (QED) is 0.115. The lowest BCUT2D eigenvalue weighted by Crippen LogP contribution is -2.43. The van der Waals surface area contributed by atoms with E-state index in [0.29, 0.717) is 11.1 Å². The smallest absolute Gasteiger partial charge is 0.252 e. The van der Waals surface area contributed by atoms with Crippen molar-refractivity contribution in [2.45, 2.75) is 12.1 Å². The van der Waals surface area contributed by atoms with E-state index in [1.807, 2.05) is 121 Å². The largest absolute Gasteiger partial charge is 0.343 e. The van der Waals surface area contributed by atoms with Crippen LogP contribution in [0, 0.1) is 0 Å². The van der Waals surface area contributed by atoms with Gasteiger partial charge in [0, 0.05) is 11.1 Å². The lowest BCUT2D eigenvalue weighted by Gasteiger charge is -2.31. The van der Waals surface area contributed by atoms with Crippen LogP contribution in [0.5, 0.6) is 0 Å². The Kier molecular flexibility index (Phi) is 12.4. The highest BCUT2D eigenvalue weighted by atomic mass is 31.1. The first-order valence-corrected chi connectivity index (χ1v) is 22.0. The van der Waals surface area contributed by atoms with Crippen molar-refractivity contribution in [2.24, 2.45) is 0 Å². The fourth-order valence-corrected chi connectivity index (χ4v) is 12.3. The summed E-state index contributed by atoms with van der Waals surface area (Å²) in [6.07, 6.45) is 0. The first kappa shape index (κ1) is 38.4. The summed E-state index contributed by atoms with van der Waals surface area (Å²) in [7, 11) is -2.12. The van der Waals surface area contributed by atoms with Crippen molar-refractivity contribution >= 4 is 59.5 Å². The molecule has 0 fully saturated rings. The summed E-state index contributed by atoms with van der Waals surface area (Å²) in [4.78, 5) is 29.9. The second-order valence-electron chi connectivity index (χ2n) is 13.8. The Labute approximate surface area is 343 Å². The van der Waals surface area contributed by atoms with Crippen molar-refractivity contribution < 1.29 is 9.59 Å². The first-order chi connectivity index (χ1) is 28.7. The maximum atomic E-state index is 15.0. The number of nitrogens with one attached hydrogen (secondary N) is 2. The lowest BCUT2D eigenvalue weighted by atomic mass is 9.92. The van der Waals surface area contributed by atoms with Crippen LogP contribution in [0.4, 0.5) is 0 Å². The highest BCUT2D eigenvalue weighted by Crippen LogP contribution is 2.37. The summed E-state index contributed by atoms with van der Waals surface area (Å²) >= 11 is 0. The van der Waals surface area contributed by atoms with Crippen molar-refractivity contribution in [1.82, 2.24) is 10.6 Å². The Hall–Kier alpha value is -6.44. The molecule has 0 aliphatic heterocycles. The molecule has 2 atom stereocenters. The Morgan fingerprint density at radius 1 is 0.310 bits per heavy atom. The zero-order valence-electron chi connectivity index (χ0n) is 31.8. The number of amides is 2. The first-order valence-electron chi connectivity index (χ1n) is 19.4. The fourth-order valence-electron chi connectivity index (χ4n) is 7.36. The van der Waals surface area contributed by atoms with Crippen LogP contribution in [0.25, 0.3) is 0 Å². The molecule has 6 heteroatoms. The predicted molar refractivity (Wildman–Crippen MR) is 244 cm³/mol. The van der Waals surface area contributed by atoms with E-state index in [4.69, 9.17) is 0 Å². The van der Waals surface area contributed by atoms with Gasteiger partial charge in [0.05, 0.1) is 12.1 Å². The molecule has 0 aliphatic rings. The van der Waals surface area contributed by atoms with Gasteiger partial charge in [-0.3, -0.25) is 9.59 Å². The van der Waals surface area contributed by atoms with Gasteiger partial charge in [-0.25, -0.2) is 0 Å². The summed E-state index contributed by atoms with van der Waals surface area (Å²) in [6, 6.07) is 76.1. The molecule has 0 bridgehead atoms. The zero-order chi connectivity index (χ0) is 39.5. The average molecular weight is 789 g/mol. The van der Waals surface area contributed by atoms with E-state index in [9.17, 15) is 9.59 Å². The lowest BCUT2D eigenvalue weighted by molar-refractivity contribution is 0.0883. The maximum absolute atomic E-state index is 15.0. The van der Waals surface area contributed by atoms with Gasteiger partial charge < -0.3 is 10.6 Å². The van der Waals surface area contributed by atoms with Crippen LogP contribution >= 0.6 is 15.8 Å². The topological polar surface area (TPSA) is 58.2 Å². The number of hydrogen-bond acceptors (Lipinski definition) is 2. The van der Waals surface area contributed by atoms with Gasteiger partial charge in [-0.2, -0.15) is 0 Å². The van der Waals surface area contributed by atoms with E-state index in [-0.39, 0.29) is 11.8 Å². The summed E-state index contributed by atoms with van der Waals surface area (Å²) in [5, 5.41) is 13.5. The third-order valence-corrected chi connectivity index (χ3v) is 15.1. The Morgan fingerprint density at radius 3 is 0.845 bits per heavy atom. The Balaban J connectivity index is 1.20. The van der Waals surface area contributed by atoms with E-state index in [0.717, 1.165) is 43.0 Å². The van der Waals surface area contributed by atoms with Gasteiger partial charge in [-0.1, -0.05) is 218 Å². The summed E-state index contributed by atoms with van der Waals surface area (Å²) in [6.45, 7) is 0. The van der Waals surface area contributed by atoms with Crippen molar-refractivity contribution in [3.63, 3.8) is 0 Å². The van der Waals surface area contributed by atoms with E-state index < -0.39 is 27.9 Å². The molecule has 4 nitrogen and oxygen atoms in total. The van der Waals surface area contributed by atoms with Gasteiger partial charge in [0.15, 0.2) is 0 Å². The van der Waals surface area contributed by atoms with E-state index >= 15 is 0 Å². The number of rotatable bonds is 13.